The van der Waals surface area contributed by atoms with Crippen LogP contribution in [-0.4, -0.2) is 32.5 Å². The number of hydrogen-bond acceptors (Lipinski definition) is 5. The molecule has 1 heterocycles. The summed E-state index contributed by atoms with van der Waals surface area (Å²) in [5.74, 6) is 0.955. The number of thioether (sulfide) groups is 1. The topological polar surface area (TPSA) is 58.2 Å². The lowest BCUT2D eigenvalue weighted by Crippen LogP contribution is -2.32. The number of sulfonamides is 1. The SMILES string of the molecule is CSCCC(C)NS(=O)(=O)c1csc(CNC(C)C)c1. The molecule has 0 aromatic carbocycles. The van der Waals surface area contributed by atoms with Crippen LogP contribution < -0.4 is 10.0 Å². The summed E-state index contributed by atoms with van der Waals surface area (Å²) in [6.07, 6.45) is 2.86. The average Bonchev–Trinajstić information content (AvgIpc) is 2.83. The molecule has 7 heteroatoms. The first-order valence-corrected chi connectivity index (χ1v) is 10.4. The van der Waals surface area contributed by atoms with Crippen molar-refractivity contribution in [1.82, 2.24) is 10.0 Å². The third kappa shape index (κ3) is 6.13. The van der Waals surface area contributed by atoms with E-state index in [1.54, 1.807) is 23.2 Å². The molecule has 0 aliphatic rings. The summed E-state index contributed by atoms with van der Waals surface area (Å²) in [5, 5.41) is 5.00. The van der Waals surface area contributed by atoms with Gasteiger partial charge in [0.25, 0.3) is 0 Å². The molecule has 4 nitrogen and oxygen atoms in total. The second kappa shape index (κ2) is 8.38. The van der Waals surface area contributed by atoms with E-state index in [9.17, 15) is 8.42 Å². The van der Waals surface area contributed by atoms with E-state index in [1.807, 2.05) is 13.2 Å². The standard InChI is InChI=1S/C13H24N2O2S3/c1-10(2)14-8-12-7-13(9-19-12)20(16,17)15-11(3)5-6-18-4/h7,9-11,14-15H,5-6,8H2,1-4H3. The molecule has 2 N–H and O–H groups in total. The zero-order valence-electron chi connectivity index (χ0n) is 12.5. The third-order valence-corrected chi connectivity index (χ3v) is 6.03. The Morgan fingerprint density at radius 2 is 2.05 bits per heavy atom. The molecule has 0 radical (unpaired) electrons. The Hall–Kier alpha value is -0.0800. The van der Waals surface area contributed by atoms with Crippen molar-refractivity contribution >= 4 is 33.1 Å². The van der Waals surface area contributed by atoms with Crippen LogP contribution in [0.4, 0.5) is 0 Å². The van der Waals surface area contributed by atoms with Crippen molar-refractivity contribution in [3.63, 3.8) is 0 Å². The minimum absolute atomic E-state index is 0.0374. The molecule has 0 bridgehead atoms. The fourth-order valence-electron chi connectivity index (χ4n) is 1.59. The Balaban J connectivity index is 2.63. The number of thiophene rings is 1. The Morgan fingerprint density at radius 3 is 2.65 bits per heavy atom. The first-order chi connectivity index (χ1) is 9.35. The predicted molar refractivity (Wildman–Crippen MR) is 89.1 cm³/mol. The Kier molecular flexibility index (Phi) is 7.53. The molecule has 20 heavy (non-hydrogen) atoms. The van der Waals surface area contributed by atoms with E-state index >= 15 is 0 Å². The summed E-state index contributed by atoms with van der Waals surface area (Å²) in [6, 6.07) is 2.11. The highest BCUT2D eigenvalue weighted by Crippen LogP contribution is 2.20. The number of nitrogens with one attached hydrogen (secondary N) is 2. The summed E-state index contributed by atoms with van der Waals surface area (Å²) >= 11 is 3.20. The minimum atomic E-state index is -3.38. The second-order valence-corrected chi connectivity index (χ2v) is 8.78. The highest BCUT2D eigenvalue weighted by molar-refractivity contribution is 7.98. The van der Waals surface area contributed by atoms with Gasteiger partial charge in [-0.1, -0.05) is 13.8 Å². The van der Waals surface area contributed by atoms with Crippen LogP contribution in [0.2, 0.25) is 0 Å². The maximum absolute atomic E-state index is 12.2. The van der Waals surface area contributed by atoms with Crippen molar-refractivity contribution in [1.29, 1.82) is 0 Å². The predicted octanol–water partition coefficient (Wildman–Crippen LogP) is 2.67. The summed E-state index contributed by atoms with van der Waals surface area (Å²) in [5.41, 5.74) is 0. The summed E-state index contributed by atoms with van der Waals surface area (Å²) in [6.45, 7) is 6.75. The van der Waals surface area contributed by atoms with Crippen LogP contribution in [0.3, 0.4) is 0 Å². The van der Waals surface area contributed by atoms with Crippen LogP contribution in [-0.2, 0) is 16.6 Å². The molecule has 0 amide bonds. The summed E-state index contributed by atoms with van der Waals surface area (Å²) in [4.78, 5) is 1.41. The van der Waals surface area contributed by atoms with Crippen LogP contribution >= 0.6 is 23.1 Å². The van der Waals surface area contributed by atoms with Crippen molar-refractivity contribution in [3.8, 4) is 0 Å². The Bertz CT molecular complexity index is 497. The lowest BCUT2D eigenvalue weighted by atomic mass is 10.3. The smallest absolute Gasteiger partial charge is 0.241 e. The molecule has 1 unspecified atom stereocenters. The lowest BCUT2D eigenvalue weighted by molar-refractivity contribution is 0.557. The largest absolute Gasteiger partial charge is 0.310 e. The molecule has 0 aliphatic carbocycles. The fraction of sp³-hybridized carbons (Fsp3) is 0.692. The maximum Gasteiger partial charge on any atom is 0.241 e. The van der Waals surface area contributed by atoms with E-state index < -0.39 is 10.0 Å². The van der Waals surface area contributed by atoms with Gasteiger partial charge in [0.15, 0.2) is 0 Å². The Labute approximate surface area is 130 Å². The van der Waals surface area contributed by atoms with Gasteiger partial charge >= 0.3 is 0 Å². The van der Waals surface area contributed by atoms with Gasteiger partial charge in [0, 0.05) is 28.9 Å². The number of hydrogen-bond donors (Lipinski definition) is 2. The van der Waals surface area contributed by atoms with Gasteiger partial charge in [-0.2, -0.15) is 11.8 Å². The van der Waals surface area contributed by atoms with Crippen LogP contribution in [0.25, 0.3) is 0 Å². The van der Waals surface area contributed by atoms with E-state index in [0.717, 1.165) is 17.1 Å². The molecule has 0 fully saturated rings. The molecule has 1 atom stereocenters. The Morgan fingerprint density at radius 1 is 1.35 bits per heavy atom. The van der Waals surface area contributed by atoms with E-state index in [1.165, 1.54) is 11.3 Å². The first kappa shape index (κ1) is 18.0. The molecule has 0 aliphatic heterocycles. The van der Waals surface area contributed by atoms with Crippen molar-refractivity contribution in [2.45, 2.75) is 50.7 Å². The van der Waals surface area contributed by atoms with Crippen LogP contribution in [0.15, 0.2) is 16.3 Å². The molecule has 1 aromatic rings. The molecule has 1 rings (SSSR count). The fourth-order valence-corrected chi connectivity index (χ4v) is 4.68. The van der Waals surface area contributed by atoms with Crippen molar-refractivity contribution in [2.75, 3.05) is 12.0 Å². The molecule has 1 aromatic heterocycles. The van der Waals surface area contributed by atoms with Gasteiger partial charge in [0.1, 0.15) is 0 Å². The highest BCUT2D eigenvalue weighted by atomic mass is 32.2. The van der Waals surface area contributed by atoms with Crippen LogP contribution in [0, 0.1) is 0 Å². The molecule has 0 spiro atoms. The van der Waals surface area contributed by atoms with Crippen molar-refractivity contribution in [3.05, 3.63) is 16.3 Å². The summed E-state index contributed by atoms with van der Waals surface area (Å²) in [7, 11) is -3.38. The van der Waals surface area contributed by atoms with Crippen molar-refractivity contribution in [2.24, 2.45) is 0 Å². The lowest BCUT2D eigenvalue weighted by Gasteiger charge is -2.12. The van der Waals surface area contributed by atoms with Gasteiger partial charge in [-0.25, -0.2) is 13.1 Å². The van der Waals surface area contributed by atoms with E-state index in [2.05, 4.69) is 23.9 Å². The van der Waals surface area contributed by atoms with Gasteiger partial charge < -0.3 is 5.32 Å². The maximum atomic E-state index is 12.2. The first-order valence-electron chi connectivity index (χ1n) is 6.67. The van der Waals surface area contributed by atoms with Gasteiger partial charge in [0.2, 0.25) is 10.0 Å². The normalized spacial score (nSPS) is 13.8. The van der Waals surface area contributed by atoms with Gasteiger partial charge in [-0.15, -0.1) is 11.3 Å². The molecule has 0 saturated heterocycles. The van der Waals surface area contributed by atoms with Crippen molar-refractivity contribution < 1.29 is 8.42 Å². The average molecular weight is 337 g/mol. The molecule has 0 saturated carbocycles. The van der Waals surface area contributed by atoms with E-state index in [-0.39, 0.29) is 6.04 Å². The van der Waals surface area contributed by atoms with Gasteiger partial charge in [-0.05, 0) is 31.4 Å². The zero-order valence-corrected chi connectivity index (χ0v) is 14.9. The summed E-state index contributed by atoms with van der Waals surface area (Å²) < 4.78 is 27.2. The van der Waals surface area contributed by atoms with Crippen LogP contribution in [0.5, 0.6) is 0 Å². The third-order valence-electron chi connectivity index (χ3n) is 2.74. The molecular weight excluding hydrogens is 312 g/mol. The van der Waals surface area contributed by atoms with Gasteiger partial charge in [0.05, 0.1) is 4.90 Å². The zero-order chi connectivity index (χ0) is 15.2. The number of rotatable bonds is 9. The molecular formula is C13H24N2O2S3. The highest BCUT2D eigenvalue weighted by Gasteiger charge is 2.18. The van der Waals surface area contributed by atoms with Crippen LogP contribution in [0.1, 0.15) is 32.1 Å². The quantitative estimate of drug-likeness (QED) is 0.728. The minimum Gasteiger partial charge on any atom is -0.310 e. The van der Waals surface area contributed by atoms with E-state index in [4.69, 9.17) is 0 Å². The monoisotopic (exact) mass is 336 g/mol. The van der Waals surface area contributed by atoms with Gasteiger partial charge in [-0.3, -0.25) is 0 Å². The second-order valence-electron chi connectivity index (χ2n) is 5.09. The molecule has 116 valence electrons. The van der Waals surface area contributed by atoms with E-state index in [0.29, 0.717) is 17.5 Å².